The van der Waals surface area contributed by atoms with Crippen LogP contribution in [0.2, 0.25) is 5.02 Å². The van der Waals surface area contributed by atoms with Gasteiger partial charge in [0.15, 0.2) is 0 Å². The summed E-state index contributed by atoms with van der Waals surface area (Å²) < 4.78 is 33.7. The number of methoxy groups -OCH3 is 1. The van der Waals surface area contributed by atoms with E-state index in [2.05, 4.69) is 5.32 Å². The Bertz CT molecular complexity index is 767. The van der Waals surface area contributed by atoms with Crippen LogP contribution in [0.5, 0.6) is 5.75 Å². The zero-order valence-corrected chi connectivity index (χ0v) is 16.6. The van der Waals surface area contributed by atoms with Crippen molar-refractivity contribution < 1.29 is 13.5 Å². The van der Waals surface area contributed by atoms with Crippen LogP contribution in [0.15, 0.2) is 30.3 Å². The summed E-state index contributed by atoms with van der Waals surface area (Å²) in [5.41, 5.74) is 1.18. The predicted octanol–water partition coefficient (Wildman–Crippen LogP) is 5.31. The van der Waals surface area contributed by atoms with Gasteiger partial charge in [-0.05, 0) is 59.7 Å². The van der Waals surface area contributed by atoms with Crippen molar-refractivity contribution in [1.29, 1.82) is 0 Å². The summed E-state index contributed by atoms with van der Waals surface area (Å²) >= 11 is 8.15. The third-order valence-corrected chi connectivity index (χ3v) is 5.87. The van der Waals surface area contributed by atoms with Gasteiger partial charge in [0, 0.05) is 28.8 Å². The van der Waals surface area contributed by atoms with E-state index in [0.29, 0.717) is 38.8 Å². The first-order valence-corrected chi connectivity index (χ1v) is 9.43. The van der Waals surface area contributed by atoms with Gasteiger partial charge >= 0.3 is 0 Å². The molecule has 0 radical (unpaired) electrons. The first-order chi connectivity index (χ1) is 12.0. The molecule has 0 aromatic heterocycles. The highest BCUT2D eigenvalue weighted by Gasteiger charge is 2.23. The molecule has 0 spiro atoms. The lowest BCUT2D eigenvalue weighted by atomic mass is 10.0. The van der Waals surface area contributed by atoms with Gasteiger partial charge in [-0.1, -0.05) is 11.6 Å². The smallest absolute Gasteiger partial charge is 0.147 e. The van der Waals surface area contributed by atoms with Crippen molar-refractivity contribution in [1.82, 2.24) is 0 Å². The second-order valence-corrected chi connectivity index (χ2v) is 7.54. The maximum atomic E-state index is 14.2. The van der Waals surface area contributed by atoms with Gasteiger partial charge in [-0.3, -0.25) is 0 Å². The lowest BCUT2D eigenvalue weighted by Gasteiger charge is -2.35. The Morgan fingerprint density at radius 2 is 1.92 bits per heavy atom. The average molecular weight is 479 g/mol. The fourth-order valence-corrected chi connectivity index (χ4v) is 3.62. The van der Waals surface area contributed by atoms with E-state index in [1.165, 1.54) is 18.2 Å². The molecule has 2 aromatic carbocycles. The summed E-state index contributed by atoms with van der Waals surface area (Å²) in [7, 11) is 1.56. The number of benzene rings is 2. The average Bonchev–Trinajstić information content (AvgIpc) is 2.59. The summed E-state index contributed by atoms with van der Waals surface area (Å²) in [5.74, 6) is 0.0441. The van der Waals surface area contributed by atoms with Crippen LogP contribution in [-0.4, -0.2) is 26.2 Å². The summed E-state index contributed by atoms with van der Waals surface area (Å²) in [4.78, 5) is 2.00. The zero-order chi connectivity index (χ0) is 18.0. The normalized spacial score (nSPS) is 15.3. The van der Waals surface area contributed by atoms with Crippen LogP contribution in [0.4, 0.5) is 20.2 Å². The molecule has 1 aliphatic rings. The molecule has 0 atom stereocenters. The maximum Gasteiger partial charge on any atom is 0.147 e. The lowest BCUT2D eigenvalue weighted by molar-refractivity contribution is 0.413. The van der Waals surface area contributed by atoms with Crippen LogP contribution in [0.1, 0.15) is 12.8 Å². The molecule has 1 saturated heterocycles. The van der Waals surface area contributed by atoms with Crippen molar-refractivity contribution in [3.05, 3.63) is 50.6 Å². The SMILES string of the molecule is COc1ccc(F)cc1NC1CCN(c2cc(Cl)c(I)cc2F)CC1. The van der Waals surface area contributed by atoms with Crippen LogP contribution >= 0.6 is 34.2 Å². The van der Waals surface area contributed by atoms with E-state index in [0.717, 1.165) is 12.8 Å². The van der Waals surface area contributed by atoms with Gasteiger partial charge in [0.1, 0.15) is 17.4 Å². The molecule has 2 aromatic rings. The van der Waals surface area contributed by atoms with Crippen LogP contribution in [0.25, 0.3) is 0 Å². The number of rotatable bonds is 4. The van der Waals surface area contributed by atoms with Gasteiger partial charge in [0.2, 0.25) is 0 Å². The first-order valence-electron chi connectivity index (χ1n) is 7.97. The topological polar surface area (TPSA) is 24.5 Å². The van der Waals surface area contributed by atoms with Crippen molar-refractivity contribution >= 4 is 45.6 Å². The fourth-order valence-electron chi connectivity index (χ4n) is 3.03. The third kappa shape index (κ3) is 4.28. The number of hydrogen-bond donors (Lipinski definition) is 1. The van der Waals surface area contributed by atoms with E-state index in [1.807, 2.05) is 27.5 Å². The van der Waals surface area contributed by atoms with Crippen LogP contribution in [0.3, 0.4) is 0 Å². The van der Waals surface area contributed by atoms with Gasteiger partial charge in [0.05, 0.1) is 23.5 Å². The second-order valence-electron chi connectivity index (χ2n) is 5.97. The molecule has 134 valence electrons. The molecule has 0 amide bonds. The Balaban J connectivity index is 1.67. The number of halogens is 4. The van der Waals surface area contributed by atoms with E-state index in [-0.39, 0.29) is 17.7 Å². The summed E-state index contributed by atoms with van der Waals surface area (Å²) in [6, 6.07) is 7.73. The third-order valence-electron chi connectivity index (χ3n) is 4.35. The van der Waals surface area contributed by atoms with Gasteiger partial charge in [0.25, 0.3) is 0 Å². The molecule has 1 fully saturated rings. The molecule has 0 bridgehead atoms. The van der Waals surface area contributed by atoms with Crippen LogP contribution in [-0.2, 0) is 0 Å². The largest absolute Gasteiger partial charge is 0.495 e. The molecule has 1 aliphatic heterocycles. The van der Waals surface area contributed by atoms with E-state index < -0.39 is 0 Å². The molecule has 1 N–H and O–H groups in total. The minimum absolute atomic E-state index is 0.175. The zero-order valence-electron chi connectivity index (χ0n) is 13.7. The van der Waals surface area contributed by atoms with E-state index in [9.17, 15) is 8.78 Å². The molecule has 0 aliphatic carbocycles. The van der Waals surface area contributed by atoms with Crippen molar-refractivity contribution in [2.24, 2.45) is 0 Å². The van der Waals surface area contributed by atoms with Crippen LogP contribution < -0.4 is 15.0 Å². The number of ether oxygens (including phenoxy) is 1. The predicted molar refractivity (Wildman–Crippen MR) is 106 cm³/mol. The van der Waals surface area contributed by atoms with Gasteiger partial charge < -0.3 is 15.0 Å². The Labute approximate surface area is 164 Å². The molecule has 25 heavy (non-hydrogen) atoms. The quantitative estimate of drug-likeness (QED) is 0.476. The summed E-state index contributed by atoms with van der Waals surface area (Å²) in [6.45, 7) is 1.40. The summed E-state index contributed by atoms with van der Waals surface area (Å²) in [5, 5.41) is 3.89. The highest BCUT2D eigenvalue weighted by molar-refractivity contribution is 14.1. The van der Waals surface area contributed by atoms with Gasteiger partial charge in [-0.25, -0.2) is 8.78 Å². The van der Waals surface area contributed by atoms with E-state index in [4.69, 9.17) is 16.3 Å². The molecule has 3 rings (SSSR count). The lowest BCUT2D eigenvalue weighted by Crippen LogP contribution is -2.39. The van der Waals surface area contributed by atoms with Crippen LogP contribution in [0, 0.1) is 15.2 Å². The van der Waals surface area contributed by atoms with Gasteiger partial charge in [-0.15, -0.1) is 0 Å². The first kappa shape index (κ1) is 18.5. The van der Waals surface area contributed by atoms with Crippen molar-refractivity contribution in [2.45, 2.75) is 18.9 Å². The minimum Gasteiger partial charge on any atom is -0.495 e. The van der Waals surface area contributed by atoms with E-state index >= 15 is 0 Å². The van der Waals surface area contributed by atoms with Crippen molar-refractivity contribution in [3.63, 3.8) is 0 Å². The highest BCUT2D eigenvalue weighted by Crippen LogP contribution is 2.32. The number of anilines is 2. The standard InChI is InChI=1S/C18H18ClF2IN2O/c1-25-18-3-2-11(20)8-16(18)23-12-4-6-24(7-5-12)17-9-13(19)15(22)10-14(17)21/h2-3,8-10,12,23H,4-7H2,1H3. The molecule has 3 nitrogen and oxygen atoms in total. The number of hydrogen-bond acceptors (Lipinski definition) is 3. The Hall–Kier alpha value is -1.28. The molecule has 0 unspecified atom stereocenters. The number of nitrogens with zero attached hydrogens (tertiary/aromatic N) is 1. The van der Waals surface area contributed by atoms with E-state index in [1.54, 1.807) is 19.2 Å². The van der Waals surface area contributed by atoms with Crippen molar-refractivity contribution in [3.8, 4) is 5.75 Å². The number of nitrogens with one attached hydrogen (secondary N) is 1. The monoisotopic (exact) mass is 478 g/mol. The van der Waals surface area contributed by atoms with Crippen molar-refractivity contribution in [2.75, 3.05) is 30.4 Å². The Morgan fingerprint density at radius 3 is 2.60 bits per heavy atom. The number of piperidine rings is 1. The molecule has 0 saturated carbocycles. The minimum atomic E-state index is -0.309. The Kier molecular flexibility index (Phi) is 5.89. The second kappa shape index (κ2) is 7.95. The maximum absolute atomic E-state index is 14.2. The summed E-state index contributed by atoms with van der Waals surface area (Å²) in [6.07, 6.45) is 1.62. The highest BCUT2D eigenvalue weighted by atomic mass is 127. The fraction of sp³-hybridized carbons (Fsp3) is 0.333. The molecular formula is C18H18ClF2IN2O. The van der Waals surface area contributed by atoms with Gasteiger partial charge in [-0.2, -0.15) is 0 Å². The molecule has 7 heteroatoms. The molecule has 1 heterocycles. The Morgan fingerprint density at radius 1 is 1.20 bits per heavy atom. The molecular weight excluding hydrogens is 461 g/mol.